The fourth-order valence-corrected chi connectivity index (χ4v) is 2.61. The van der Waals surface area contributed by atoms with Gasteiger partial charge in [-0.3, -0.25) is 4.57 Å². The molecule has 1 heterocycles. The molecule has 1 aromatic heterocycles. The number of ether oxygens (including phenoxy) is 1. The van der Waals surface area contributed by atoms with Crippen LogP contribution in [0.2, 0.25) is 0 Å². The van der Waals surface area contributed by atoms with Crippen LogP contribution in [0, 0.1) is 11.8 Å². The number of benzene rings is 1. The van der Waals surface area contributed by atoms with Crippen molar-refractivity contribution in [1.29, 1.82) is 0 Å². The van der Waals surface area contributed by atoms with Crippen molar-refractivity contribution in [3.8, 4) is 0 Å². The second kappa shape index (κ2) is 6.08. The van der Waals surface area contributed by atoms with E-state index < -0.39 is 23.4 Å². The lowest BCUT2D eigenvalue weighted by atomic mass is 10.2. The highest BCUT2D eigenvalue weighted by atomic mass is 19.3. The molecule has 7 heteroatoms. The average molecular weight is 321 g/mol. The van der Waals surface area contributed by atoms with E-state index in [2.05, 4.69) is 4.98 Å². The summed E-state index contributed by atoms with van der Waals surface area (Å²) in [6.07, 6.45) is 1.39. The number of nitrogens with zero attached hydrogens (tertiary/aromatic N) is 2. The van der Waals surface area contributed by atoms with Gasteiger partial charge < -0.3 is 10.5 Å². The van der Waals surface area contributed by atoms with Gasteiger partial charge in [-0.1, -0.05) is 30.3 Å². The molecule has 2 atom stereocenters. The fourth-order valence-electron chi connectivity index (χ4n) is 2.61. The van der Waals surface area contributed by atoms with Gasteiger partial charge in [-0.25, -0.2) is 13.6 Å². The van der Waals surface area contributed by atoms with E-state index >= 15 is 0 Å². The second-order valence-corrected chi connectivity index (χ2v) is 5.68. The predicted octanol–water partition coefficient (Wildman–Crippen LogP) is 1.92. The van der Waals surface area contributed by atoms with E-state index in [0.717, 1.165) is 10.1 Å². The summed E-state index contributed by atoms with van der Waals surface area (Å²) in [6.45, 7) is 0.172. The first-order valence-electron chi connectivity index (χ1n) is 7.31. The third-order valence-electron chi connectivity index (χ3n) is 4.06. The van der Waals surface area contributed by atoms with E-state index in [1.165, 1.54) is 12.3 Å². The third-order valence-corrected chi connectivity index (χ3v) is 4.06. The summed E-state index contributed by atoms with van der Waals surface area (Å²) in [5, 5.41) is 0. The molecule has 2 N–H and O–H groups in total. The van der Waals surface area contributed by atoms with Crippen molar-refractivity contribution in [2.75, 3.05) is 12.3 Å². The SMILES string of the molecule is Nc1ccn(C[C@@H]2[C@H](COCc3ccccc3)C2(F)F)c(=O)n1. The molecule has 0 saturated heterocycles. The summed E-state index contributed by atoms with van der Waals surface area (Å²) in [7, 11) is 0. The highest BCUT2D eigenvalue weighted by Gasteiger charge is 2.67. The number of hydrogen-bond acceptors (Lipinski definition) is 4. The normalized spacial score (nSPS) is 22.0. The molecule has 1 aliphatic carbocycles. The molecule has 122 valence electrons. The smallest absolute Gasteiger partial charge is 0.349 e. The van der Waals surface area contributed by atoms with Crippen molar-refractivity contribution in [1.82, 2.24) is 9.55 Å². The zero-order valence-corrected chi connectivity index (χ0v) is 12.4. The molecule has 1 aromatic carbocycles. The number of nitrogens with two attached hydrogens (primary N) is 1. The van der Waals surface area contributed by atoms with Crippen LogP contribution < -0.4 is 11.4 Å². The van der Waals surface area contributed by atoms with E-state index in [0.29, 0.717) is 6.61 Å². The molecule has 23 heavy (non-hydrogen) atoms. The van der Waals surface area contributed by atoms with Gasteiger partial charge in [0.25, 0.3) is 5.92 Å². The standard InChI is InChI=1S/C16H17F2N3O2/c17-16(18)12(8-21-7-6-14(19)20-15(21)22)13(16)10-23-9-11-4-2-1-3-5-11/h1-7,12-13H,8-10H2,(H2,19,20,22)/t12-,13+/m1/s1. The summed E-state index contributed by atoms with van der Waals surface area (Å²) < 4.78 is 34.2. The molecular formula is C16H17F2N3O2. The number of anilines is 1. The van der Waals surface area contributed by atoms with Crippen molar-refractivity contribution in [2.45, 2.75) is 19.1 Å². The Hall–Kier alpha value is -2.28. The Morgan fingerprint density at radius 2 is 1.96 bits per heavy atom. The van der Waals surface area contributed by atoms with Crippen molar-refractivity contribution < 1.29 is 13.5 Å². The molecule has 0 amide bonds. The van der Waals surface area contributed by atoms with Crippen LogP contribution in [0.1, 0.15) is 5.56 Å². The van der Waals surface area contributed by atoms with E-state index in [-0.39, 0.29) is 19.0 Å². The van der Waals surface area contributed by atoms with E-state index in [9.17, 15) is 13.6 Å². The van der Waals surface area contributed by atoms with Gasteiger partial charge in [0.1, 0.15) is 5.82 Å². The summed E-state index contributed by atoms with van der Waals surface area (Å²) >= 11 is 0. The first-order valence-corrected chi connectivity index (χ1v) is 7.31. The van der Waals surface area contributed by atoms with Gasteiger partial charge in [-0.15, -0.1) is 0 Å². The molecule has 0 radical (unpaired) electrons. The zero-order chi connectivity index (χ0) is 16.4. The van der Waals surface area contributed by atoms with E-state index in [1.54, 1.807) is 0 Å². The molecule has 5 nitrogen and oxygen atoms in total. The van der Waals surface area contributed by atoms with E-state index in [4.69, 9.17) is 10.5 Å². The minimum Gasteiger partial charge on any atom is -0.383 e. The Morgan fingerprint density at radius 3 is 2.65 bits per heavy atom. The largest absolute Gasteiger partial charge is 0.383 e. The van der Waals surface area contributed by atoms with Crippen LogP contribution in [0.25, 0.3) is 0 Å². The van der Waals surface area contributed by atoms with E-state index in [1.807, 2.05) is 30.3 Å². The summed E-state index contributed by atoms with van der Waals surface area (Å²) in [5.74, 6) is -4.54. The fraction of sp³-hybridized carbons (Fsp3) is 0.375. The third kappa shape index (κ3) is 3.39. The van der Waals surface area contributed by atoms with Crippen LogP contribution in [0.4, 0.5) is 14.6 Å². The molecule has 3 rings (SSSR count). The molecule has 0 aliphatic heterocycles. The quantitative estimate of drug-likeness (QED) is 0.882. The number of hydrogen-bond donors (Lipinski definition) is 1. The molecule has 1 saturated carbocycles. The van der Waals surface area contributed by atoms with Crippen LogP contribution in [-0.2, 0) is 17.9 Å². The minimum absolute atomic E-state index is 0.0380. The molecule has 2 aromatic rings. The second-order valence-electron chi connectivity index (χ2n) is 5.68. The van der Waals surface area contributed by atoms with Gasteiger partial charge in [-0.2, -0.15) is 4.98 Å². The Labute approximate surface area is 131 Å². The maximum absolute atomic E-state index is 13.8. The van der Waals surface area contributed by atoms with Gasteiger partial charge in [0, 0.05) is 12.7 Å². The number of alkyl halides is 2. The van der Waals surface area contributed by atoms with Crippen LogP contribution in [0.15, 0.2) is 47.4 Å². The van der Waals surface area contributed by atoms with Crippen molar-refractivity contribution in [3.05, 3.63) is 58.6 Å². The molecule has 0 unspecified atom stereocenters. The highest BCUT2D eigenvalue weighted by Crippen LogP contribution is 2.56. The number of halogens is 2. The average Bonchev–Trinajstić information content (AvgIpc) is 3.03. The Balaban J connectivity index is 1.56. The summed E-state index contributed by atoms with van der Waals surface area (Å²) in [6, 6.07) is 10.8. The lowest BCUT2D eigenvalue weighted by Gasteiger charge is -2.04. The van der Waals surface area contributed by atoms with Crippen molar-refractivity contribution >= 4 is 5.82 Å². The van der Waals surface area contributed by atoms with Crippen LogP contribution in [0.3, 0.4) is 0 Å². The molecule has 0 bridgehead atoms. The minimum atomic E-state index is -2.82. The lowest BCUT2D eigenvalue weighted by molar-refractivity contribution is 0.0454. The Morgan fingerprint density at radius 1 is 1.22 bits per heavy atom. The number of aromatic nitrogens is 2. The molecule has 1 fully saturated rings. The number of rotatable bonds is 6. The molecule has 0 spiro atoms. The zero-order valence-electron chi connectivity index (χ0n) is 12.4. The summed E-state index contributed by atoms with van der Waals surface area (Å²) in [4.78, 5) is 15.2. The Bertz CT molecular complexity index is 734. The number of nitrogen functional groups attached to an aromatic ring is 1. The predicted molar refractivity (Wildman–Crippen MR) is 80.9 cm³/mol. The van der Waals surface area contributed by atoms with Gasteiger partial charge in [-0.05, 0) is 11.6 Å². The highest BCUT2D eigenvalue weighted by molar-refractivity contribution is 5.23. The van der Waals surface area contributed by atoms with Crippen molar-refractivity contribution in [3.63, 3.8) is 0 Å². The van der Waals surface area contributed by atoms with Gasteiger partial charge in [0.15, 0.2) is 0 Å². The van der Waals surface area contributed by atoms with Gasteiger partial charge in [0.2, 0.25) is 0 Å². The topological polar surface area (TPSA) is 70.1 Å². The first kappa shape index (κ1) is 15.6. The lowest BCUT2D eigenvalue weighted by Crippen LogP contribution is -2.24. The maximum Gasteiger partial charge on any atom is 0.349 e. The first-order chi connectivity index (χ1) is 11.0. The monoisotopic (exact) mass is 321 g/mol. The van der Waals surface area contributed by atoms with Crippen molar-refractivity contribution in [2.24, 2.45) is 11.8 Å². The molecule has 1 aliphatic rings. The summed E-state index contributed by atoms with van der Waals surface area (Å²) in [5.41, 5.74) is 5.71. The maximum atomic E-state index is 13.8. The van der Waals surface area contributed by atoms with Crippen LogP contribution in [-0.4, -0.2) is 22.1 Å². The van der Waals surface area contributed by atoms with Gasteiger partial charge in [0.05, 0.1) is 25.0 Å². The molecular weight excluding hydrogens is 304 g/mol. The Kier molecular flexibility index (Phi) is 4.12. The van der Waals surface area contributed by atoms with Crippen LogP contribution >= 0.6 is 0 Å². The van der Waals surface area contributed by atoms with Gasteiger partial charge >= 0.3 is 5.69 Å². The van der Waals surface area contributed by atoms with Crippen LogP contribution in [0.5, 0.6) is 0 Å².